The lowest BCUT2D eigenvalue weighted by Gasteiger charge is -2.00. The molecule has 3 nitrogen and oxygen atoms in total. The molecule has 2 N–H and O–H groups in total. The third-order valence-electron chi connectivity index (χ3n) is 2.08. The van der Waals surface area contributed by atoms with Crippen molar-refractivity contribution >= 4 is 11.3 Å². The van der Waals surface area contributed by atoms with Crippen molar-refractivity contribution in [1.82, 2.24) is 9.97 Å². The van der Waals surface area contributed by atoms with E-state index in [0.717, 1.165) is 28.4 Å². The van der Waals surface area contributed by atoms with E-state index in [1.807, 2.05) is 19.2 Å². The summed E-state index contributed by atoms with van der Waals surface area (Å²) in [5, 5.41) is 3.10. The molecule has 2 aromatic heterocycles. The minimum Gasteiger partial charge on any atom is -0.330 e. The van der Waals surface area contributed by atoms with Crippen LogP contribution < -0.4 is 5.73 Å². The van der Waals surface area contributed by atoms with Gasteiger partial charge in [-0.05, 0) is 25.6 Å². The van der Waals surface area contributed by atoms with E-state index in [2.05, 4.69) is 21.4 Å². The summed E-state index contributed by atoms with van der Waals surface area (Å²) in [6.07, 6.45) is 2.63. The van der Waals surface area contributed by atoms with Crippen molar-refractivity contribution in [3.63, 3.8) is 0 Å². The average Bonchev–Trinajstić information content (AvgIpc) is 2.66. The minimum atomic E-state index is 0.632. The Hall–Kier alpha value is -1.26. The van der Waals surface area contributed by atoms with Crippen LogP contribution in [-0.2, 0) is 6.42 Å². The Morgan fingerprint density at radius 2 is 2.33 bits per heavy atom. The molecule has 0 saturated heterocycles. The highest BCUT2D eigenvalue weighted by molar-refractivity contribution is 7.13. The number of aryl methyl sites for hydroxylation is 1. The molecule has 0 radical (unpaired) electrons. The lowest BCUT2D eigenvalue weighted by molar-refractivity contribution is 0.924. The summed E-state index contributed by atoms with van der Waals surface area (Å²) in [6.45, 7) is 2.63. The second-order valence-corrected chi connectivity index (χ2v) is 4.23. The number of rotatable bonds is 3. The van der Waals surface area contributed by atoms with Gasteiger partial charge in [-0.15, -0.1) is 11.3 Å². The Balaban J connectivity index is 2.32. The molecular weight excluding hydrogens is 206 g/mol. The molecular formula is C11H13N3S. The lowest BCUT2D eigenvalue weighted by Crippen LogP contribution is -2.04. The highest BCUT2D eigenvalue weighted by Gasteiger charge is 2.03. The first-order valence-electron chi connectivity index (χ1n) is 4.87. The predicted octanol–water partition coefficient (Wildman–Crippen LogP) is 2.01. The van der Waals surface area contributed by atoms with Crippen LogP contribution in [0.2, 0.25) is 0 Å². The van der Waals surface area contributed by atoms with Gasteiger partial charge in [-0.1, -0.05) is 0 Å². The highest BCUT2D eigenvalue weighted by atomic mass is 32.1. The number of hydrogen-bond acceptors (Lipinski definition) is 4. The first-order valence-corrected chi connectivity index (χ1v) is 5.75. The molecule has 0 amide bonds. The van der Waals surface area contributed by atoms with Crippen molar-refractivity contribution in [1.29, 1.82) is 0 Å². The maximum absolute atomic E-state index is 5.50. The minimum absolute atomic E-state index is 0.632. The fourth-order valence-electron chi connectivity index (χ4n) is 1.38. The SMILES string of the molecule is Cc1csc(-c2ccnc(CCN)c2)n1. The first-order chi connectivity index (χ1) is 7.29. The molecule has 2 heterocycles. The highest BCUT2D eigenvalue weighted by Crippen LogP contribution is 2.23. The molecule has 4 heteroatoms. The number of hydrogen-bond donors (Lipinski definition) is 1. The van der Waals surface area contributed by atoms with Crippen molar-refractivity contribution in [2.45, 2.75) is 13.3 Å². The van der Waals surface area contributed by atoms with Crippen molar-refractivity contribution in [2.75, 3.05) is 6.54 Å². The Bertz CT molecular complexity index is 451. The number of thiazole rings is 1. The average molecular weight is 219 g/mol. The molecule has 0 bridgehead atoms. The van der Waals surface area contributed by atoms with E-state index in [1.54, 1.807) is 11.3 Å². The van der Waals surface area contributed by atoms with E-state index < -0.39 is 0 Å². The van der Waals surface area contributed by atoms with E-state index >= 15 is 0 Å². The molecule has 15 heavy (non-hydrogen) atoms. The maximum atomic E-state index is 5.50. The Labute approximate surface area is 93.0 Å². The van der Waals surface area contributed by atoms with Crippen LogP contribution in [0.25, 0.3) is 10.6 Å². The van der Waals surface area contributed by atoms with Crippen molar-refractivity contribution in [3.8, 4) is 10.6 Å². The van der Waals surface area contributed by atoms with Crippen LogP contribution in [0.1, 0.15) is 11.4 Å². The van der Waals surface area contributed by atoms with Crippen molar-refractivity contribution in [2.24, 2.45) is 5.73 Å². The monoisotopic (exact) mass is 219 g/mol. The number of aromatic nitrogens is 2. The smallest absolute Gasteiger partial charge is 0.123 e. The van der Waals surface area contributed by atoms with Crippen LogP contribution in [0.5, 0.6) is 0 Å². The molecule has 0 saturated carbocycles. The van der Waals surface area contributed by atoms with Crippen molar-refractivity contribution < 1.29 is 0 Å². The van der Waals surface area contributed by atoms with Crippen LogP contribution >= 0.6 is 11.3 Å². The second kappa shape index (κ2) is 4.51. The van der Waals surface area contributed by atoms with Gasteiger partial charge < -0.3 is 5.73 Å². The van der Waals surface area contributed by atoms with Crippen LogP contribution in [0, 0.1) is 6.92 Å². The third kappa shape index (κ3) is 2.40. The number of pyridine rings is 1. The molecule has 0 aliphatic heterocycles. The standard InChI is InChI=1S/C11H13N3S/c1-8-7-15-11(14-8)9-3-5-13-10(6-9)2-4-12/h3,5-7H,2,4,12H2,1H3. The van der Waals surface area contributed by atoms with Crippen molar-refractivity contribution in [3.05, 3.63) is 35.1 Å². The van der Waals surface area contributed by atoms with Gasteiger partial charge in [0.1, 0.15) is 5.01 Å². The Morgan fingerprint density at radius 1 is 1.47 bits per heavy atom. The molecule has 0 aromatic carbocycles. The van der Waals surface area contributed by atoms with E-state index in [1.165, 1.54) is 0 Å². The summed E-state index contributed by atoms with van der Waals surface area (Å²) in [4.78, 5) is 8.70. The Kier molecular flexibility index (Phi) is 3.08. The first kappa shape index (κ1) is 10.3. The van der Waals surface area contributed by atoms with Gasteiger partial charge in [-0.2, -0.15) is 0 Å². The molecule has 0 unspecified atom stereocenters. The second-order valence-electron chi connectivity index (χ2n) is 3.37. The summed E-state index contributed by atoms with van der Waals surface area (Å²) in [7, 11) is 0. The molecule has 78 valence electrons. The summed E-state index contributed by atoms with van der Waals surface area (Å²) < 4.78 is 0. The third-order valence-corrected chi connectivity index (χ3v) is 3.09. The normalized spacial score (nSPS) is 10.5. The van der Waals surface area contributed by atoms with Gasteiger partial charge in [0.25, 0.3) is 0 Å². The molecule has 0 atom stereocenters. The zero-order valence-electron chi connectivity index (χ0n) is 8.60. The van der Waals surface area contributed by atoms with Gasteiger partial charge in [0.2, 0.25) is 0 Å². The summed E-state index contributed by atoms with van der Waals surface area (Å²) >= 11 is 1.66. The van der Waals surface area contributed by atoms with Crippen LogP contribution in [0.4, 0.5) is 0 Å². The van der Waals surface area contributed by atoms with Gasteiger partial charge in [0.15, 0.2) is 0 Å². The molecule has 0 spiro atoms. The maximum Gasteiger partial charge on any atom is 0.123 e. The predicted molar refractivity (Wildman–Crippen MR) is 62.8 cm³/mol. The topological polar surface area (TPSA) is 51.8 Å². The van der Waals surface area contributed by atoms with Gasteiger partial charge in [-0.3, -0.25) is 4.98 Å². The molecule has 0 aliphatic rings. The summed E-state index contributed by atoms with van der Waals surface area (Å²) in [5.74, 6) is 0. The van der Waals surface area contributed by atoms with Crippen LogP contribution in [0.15, 0.2) is 23.7 Å². The molecule has 2 aromatic rings. The summed E-state index contributed by atoms with van der Waals surface area (Å²) in [5.41, 5.74) is 8.72. The quantitative estimate of drug-likeness (QED) is 0.859. The number of nitrogens with zero attached hydrogens (tertiary/aromatic N) is 2. The lowest BCUT2D eigenvalue weighted by atomic mass is 10.2. The van der Waals surface area contributed by atoms with E-state index in [9.17, 15) is 0 Å². The zero-order chi connectivity index (χ0) is 10.7. The van der Waals surface area contributed by atoms with Gasteiger partial charge in [-0.25, -0.2) is 4.98 Å². The van der Waals surface area contributed by atoms with Gasteiger partial charge >= 0.3 is 0 Å². The molecule has 2 rings (SSSR count). The van der Waals surface area contributed by atoms with Gasteiger partial charge in [0, 0.05) is 34.9 Å². The van der Waals surface area contributed by atoms with Crippen LogP contribution in [-0.4, -0.2) is 16.5 Å². The number of nitrogens with two attached hydrogens (primary N) is 1. The van der Waals surface area contributed by atoms with E-state index in [0.29, 0.717) is 6.54 Å². The molecule has 0 fully saturated rings. The van der Waals surface area contributed by atoms with Crippen LogP contribution in [0.3, 0.4) is 0 Å². The Morgan fingerprint density at radius 3 is 3.00 bits per heavy atom. The summed E-state index contributed by atoms with van der Waals surface area (Å²) in [6, 6.07) is 4.05. The molecule has 0 aliphatic carbocycles. The largest absolute Gasteiger partial charge is 0.330 e. The van der Waals surface area contributed by atoms with E-state index in [4.69, 9.17) is 5.73 Å². The fraction of sp³-hybridized carbons (Fsp3) is 0.273. The van der Waals surface area contributed by atoms with Gasteiger partial charge in [0.05, 0.1) is 0 Å². The fourth-order valence-corrected chi connectivity index (χ4v) is 2.18. The zero-order valence-corrected chi connectivity index (χ0v) is 9.42. The van der Waals surface area contributed by atoms with E-state index in [-0.39, 0.29) is 0 Å².